The maximum Gasteiger partial charge on any atom is 0.166 e. The van der Waals surface area contributed by atoms with Gasteiger partial charge in [-0.05, 0) is 0 Å². The van der Waals surface area contributed by atoms with E-state index in [0.717, 1.165) is 5.56 Å². The Bertz CT molecular complexity index is 914. The smallest absolute Gasteiger partial charge is 0.166 e. The first-order chi connectivity index (χ1) is 12.7. The third-order valence-electron chi connectivity index (χ3n) is 4.69. The van der Waals surface area contributed by atoms with Crippen molar-refractivity contribution < 1.29 is 20.1 Å². The zero-order chi connectivity index (χ0) is 18.3. The number of aliphatic hydroxyl groups excluding tert-OH is 3. The predicted molar refractivity (Wildman–Crippen MR) is 93.1 cm³/mol. The van der Waals surface area contributed by atoms with E-state index in [2.05, 4.69) is 15.0 Å². The van der Waals surface area contributed by atoms with Crippen molar-refractivity contribution in [2.45, 2.75) is 37.9 Å². The molecule has 1 aliphatic rings. The average Bonchev–Trinajstić information content (AvgIpc) is 3.19. The second-order valence-electron chi connectivity index (χ2n) is 6.24. The van der Waals surface area contributed by atoms with Gasteiger partial charge in [0.1, 0.15) is 41.7 Å². The van der Waals surface area contributed by atoms with Crippen LogP contribution >= 0.6 is 0 Å². The standard InChI is InChI=1S/C18H20N4O4/c1-2-12-21-14-13(10-6-4-3-5-7-10)19-9-20-17(14)22(12)18-16(25)15(24)11(8-23)26-18/h3-7,9,11,15-16,18,23-25H,2,8H2,1H3/t11-,15-,16-,18-/m1/s1. The van der Waals surface area contributed by atoms with Crippen LogP contribution in [0.5, 0.6) is 0 Å². The zero-order valence-electron chi connectivity index (χ0n) is 14.2. The van der Waals surface area contributed by atoms with Gasteiger partial charge in [-0.3, -0.25) is 4.57 Å². The molecule has 4 rings (SSSR count). The Morgan fingerprint density at radius 2 is 1.88 bits per heavy atom. The largest absolute Gasteiger partial charge is 0.394 e. The van der Waals surface area contributed by atoms with E-state index in [4.69, 9.17) is 4.74 Å². The van der Waals surface area contributed by atoms with Crippen LogP contribution in [-0.2, 0) is 11.2 Å². The van der Waals surface area contributed by atoms with E-state index in [1.54, 1.807) is 4.57 Å². The SMILES string of the molecule is CCc1nc2c(-c3ccccc3)ncnc2n1[C@@H]1O[C@H](CO)[C@@H](O)[C@H]1O. The number of aromatic nitrogens is 4. The van der Waals surface area contributed by atoms with Crippen LogP contribution in [0, 0.1) is 0 Å². The highest BCUT2D eigenvalue weighted by atomic mass is 16.6. The van der Waals surface area contributed by atoms with Crippen LogP contribution in [0.3, 0.4) is 0 Å². The maximum atomic E-state index is 10.4. The highest BCUT2D eigenvalue weighted by Crippen LogP contribution is 2.34. The fourth-order valence-corrected chi connectivity index (χ4v) is 3.37. The Labute approximate surface area is 149 Å². The lowest BCUT2D eigenvalue weighted by atomic mass is 10.1. The molecule has 2 aromatic heterocycles. The number of hydrogen-bond donors (Lipinski definition) is 3. The molecule has 3 N–H and O–H groups in total. The first-order valence-electron chi connectivity index (χ1n) is 8.55. The number of benzene rings is 1. The monoisotopic (exact) mass is 356 g/mol. The van der Waals surface area contributed by atoms with E-state index in [-0.39, 0.29) is 6.61 Å². The van der Waals surface area contributed by atoms with Gasteiger partial charge in [0, 0.05) is 12.0 Å². The fourth-order valence-electron chi connectivity index (χ4n) is 3.37. The van der Waals surface area contributed by atoms with Gasteiger partial charge in [0.2, 0.25) is 0 Å². The van der Waals surface area contributed by atoms with E-state index in [9.17, 15) is 15.3 Å². The van der Waals surface area contributed by atoms with Gasteiger partial charge in [0.25, 0.3) is 0 Å². The molecular formula is C18H20N4O4. The number of nitrogens with zero attached hydrogens (tertiary/aromatic N) is 4. The number of imidazole rings is 1. The molecular weight excluding hydrogens is 336 g/mol. The lowest BCUT2D eigenvalue weighted by Crippen LogP contribution is -2.33. The summed E-state index contributed by atoms with van der Waals surface area (Å²) in [5.74, 6) is 0.660. The molecule has 0 saturated carbocycles. The molecule has 1 aromatic carbocycles. The van der Waals surface area contributed by atoms with Crippen LogP contribution < -0.4 is 0 Å². The Kier molecular flexibility index (Phi) is 4.41. The minimum absolute atomic E-state index is 0.382. The average molecular weight is 356 g/mol. The molecule has 0 radical (unpaired) electrons. The van der Waals surface area contributed by atoms with Crippen LogP contribution in [0.2, 0.25) is 0 Å². The molecule has 136 valence electrons. The van der Waals surface area contributed by atoms with Crippen LogP contribution in [0.25, 0.3) is 22.4 Å². The van der Waals surface area contributed by atoms with Crippen LogP contribution in [0.15, 0.2) is 36.7 Å². The molecule has 0 unspecified atom stereocenters. The summed E-state index contributed by atoms with van der Waals surface area (Å²) < 4.78 is 7.38. The minimum Gasteiger partial charge on any atom is -0.394 e. The number of aryl methyl sites for hydroxylation is 1. The molecule has 0 amide bonds. The summed E-state index contributed by atoms with van der Waals surface area (Å²) in [6, 6.07) is 9.66. The van der Waals surface area contributed by atoms with Gasteiger partial charge < -0.3 is 20.1 Å². The summed E-state index contributed by atoms with van der Waals surface area (Å²) in [5, 5.41) is 29.9. The van der Waals surface area contributed by atoms with Gasteiger partial charge in [-0.2, -0.15) is 0 Å². The molecule has 4 atom stereocenters. The summed E-state index contributed by atoms with van der Waals surface area (Å²) in [4.78, 5) is 13.4. The predicted octanol–water partition coefficient (Wildman–Crippen LogP) is 0.667. The molecule has 3 heterocycles. The number of hydrogen-bond acceptors (Lipinski definition) is 7. The van der Waals surface area contributed by atoms with E-state index in [1.165, 1.54) is 6.33 Å². The molecule has 1 aliphatic heterocycles. The molecule has 1 fully saturated rings. The summed E-state index contributed by atoms with van der Waals surface area (Å²) in [6.07, 6.45) is -2.07. The van der Waals surface area contributed by atoms with Gasteiger partial charge in [-0.25, -0.2) is 15.0 Å². The minimum atomic E-state index is -1.19. The number of aliphatic hydroxyl groups is 3. The summed E-state index contributed by atoms with van der Waals surface area (Å²) in [5.41, 5.74) is 2.72. The van der Waals surface area contributed by atoms with Crippen molar-refractivity contribution in [3.63, 3.8) is 0 Å². The third-order valence-corrected chi connectivity index (χ3v) is 4.69. The molecule has 0 aliphatic carbocycles. The highest BCUT2D eigenvalue weighted by molar-refractivity contribution is 5.87. The highest BCUT2D eigenvalue weighted by Gasteiger charge is 2.44. The van der Waals surface area contributed by atoms with Crippen molar-refractivity contribution in [3.05, 3.63) is 42.5 Å². The van der Waals surface area contributed by atoms with Gasteiger partial charge in [-0.15, -0.1) is 0 Å². The van der Waals surface area contributed by atoms with Gasteiger partial charge in [-0.1, -0.05) is 37.3 Å². The van der Waals surface area contributed by atoms with E-state index < -0.39 is 24.5 Å². The summed E-state index contributed by atoms with van der Waals surface area (Å²) in [6.45, 7) is 1.56. The third kappa shape index (κ3) is 2.58. The van der Waals surface area contributed by atoms with E-state index in [0.29, 0.717) is 29.1 Å². The molecule has 8 nitrogen and oxygen atoms in total. The quantitative estimate of drug-likeness (QED) is 0.629. The first kappa shape index (κ1) is 17.0. The Morgan fingerprint density at radius 1 is 1.12 bits per heavy atom. The zero-order valence-corrected chi connectivity index (χ0v) is 14.2. The van der Waals surface area contributed by atoms with Crippen molar-refractivity contribution in [1.29, 1.82) is 0 Å². The topological polar surface area (TPSA) is 114 Å². The molecule has 26 heavy (non-hydrogen) atoms. The van der Waals surface area contributed by atoms with E-state index >= 15 is 0 Å². The summed E-state index contributed by atoms with van der Waals surface area (Å²) >= 11 is 0. The molecule has 0 spiro atoms. The Morgan fingerprint density at radius 3 is 2.54 bits per heavy atom. The molecule has 8 heteroatoms. The molecule has 3 aromatic rings. The van der Waals surface area contributed by atoms with Crippen LogP contribution in [0.1, 0.15) is 19.0 Å². The maximum absolute atomic E-state index is 10.4. The number of fused-ring (bicyclic) bond motifs is 1. The van der Waals surface area contributed by atoms with Crippen molar-refractivity contribution >= 4 is 11.2 Å². The van der Waals surface area contributed by atoms with Gasteiger partial charge in [0.05, 0.1) is 6.61 Å². The van der Waals surface area contributed by atoms with Crippen LogP contribution in [0.4, 0.5) is 0 Å². The lowest BCUT2D eigenvalue weighted by Gasteiger charge is -2.19. The second kappa shape index (κ2) is 6.73. The van der Waals surface area contributed by atoms with Crippen molar-refractivity contribution in [2.75, 3.05) is 6.61 Å². The number of rotatable bonds is 4. The van der Waals surface area contributed by atoms with Crippen molar-refractivity contribution in [3.8, 4) is 11.3 Å². The van der Waals surface area contributed by atoms with Crippen LogP contribution in [-0.4, -0.2) is 59.8 Å². The molecule has 1 saturated heterocycles. The Hall–Kier alpha value is -2.39. The van der Waals surface area contributed by atoms with Gasteiger partial charge >= 0.3 is 0 Å². The lowest BCUT2D eigenvalue weighted by molar-refractivity contribution is -0.0522. The fraction of sp³-hybridized carbons (Fsp3) is 0.389. The first-order valence-corrected chi connectivity index (χ1v) is 8.55. The van der Waals surface area contributed by atoms with E-state index in [1.807, 2.05) is 37.3 Å². The Balaban J connectivity index is 1.88. The second-order valence-corrected chi connectivity index (χ2v) is 6.24. The van der Waals surface area contributed by atoms with Gasteiger partial charge in [0.15, 0.2) is 11.9 Å². The van der Waals surface area contributed by atoms with Crippen molar-refractivity contribution in [2.24, 2.45) is 0 Å². The number of ether oxygens (including phenoxy) is 1. The normalized spacial score (nSPS) is 25.8. The molecule has 0 bridgehead atoms. The summed E-state index contributed by atoms with van der Waals surface area (Å²) in [7, 11) is 0. The van der Waals surface area contributed by atoms with Crippen molar-refractivity contribution in [1.82, 2.24) is 19.5 Å².